The van der Waals surface area contributed by atoms with E-state index in [1.807, 2.05) is 0 Å². The van der Waals surface area contributed by atoms with Crippen LogP contribution in [0, 0.1) is 11.6 Å². The highest BCUT2D eigenvalue weighted by atomic mass is 35.5. The monoisotopic (exact) mass is 297 g/mol. The first-order valence-corrected chi connectivity index (χ1v) is 6.44. The fourth-order valence-corrected chi connectivity index (χ4v) is 2.11. The molecule has 0 aliphatic rings. The molecule has 1 atom stereocenters. The summed E-state index contributed by atoms with van der Waals surface area (Å²) in [4.78, 5) is 0. The van der Waals surface area contributed by atoms with Crippen molar-refractivity contribution in [3.05, 3.63) is 58.6 Å². The summed E-state index contributed by atoms with van der Waals surface area (Å²) in [6, 6.07) is 8.74. The fourth-order valence-electron chi connectivity index (χ4n) is 1.89. The normalized spacial score (nSPS) is 12.1. The van der Waals surface area contributed by atoms with Gasteiger partial charge in [-0.1, -0.05) is 23.7 Å². The molecule has 0 fully saturated rings. The maximum Gasteiger partial charge on any atom is 0.165 e. The minimum absolute atomic E-state index is 0.171. The Kier molecular flexibility index (Phi) is 4.45. The Morgan fingerprint density at radius 1 is 1.15 bits per heavy atom. The van der Waals surface area contributed by atoms with Crippen LogP contribution in [0.3, 0.4) is 0 Å². The van der Waals surface area contributed by atoms with Crippen LogP contribution < -0.4 is 10.1 Å². The molecule has 0 saturated heterocycles. The predicted molar refractivity (Wildman–Crippen MR) is 76.4 cm³/mol. The zero-order valence-electron chi connectivity index (χ0n) is 11.1. The molecule has 0 aliphatic carbocycles. The lowest BCUT2D eigenvalue weighted by Gasteiger charge is -2.18. The topological polar surface area (TPSA) is 21.3 Å². The van der Waals surface area contributed by atoms with Gasteiger partial charge in [-0.15, -0.1) is 0 Å². The summed E-state index contributed by atoms with van der Waals surface area (Å²) in [6.45, 7) is 1.80. The Hall–Kier alpha value is -1.81. The number of benzene rings is 2. The second-order valence-corrected chi connectivity index (χ2v) is 4.76. The van der Waals surface area contributed by atoms with E-state index in [1.165, 1.54) is 31.4 Å². The molecule has 0 aliphatic heterocycles. The second-order valence-electron chi connectivity index (χ2n) is 4.36. The summed E-state index contributed by atoms with van der Waals surface area (Å²) in [5.41, 5.74) is 0.875. The Labute approximate surface area is 121 Å². The Morgan fingerprint density at radius 3 is 2.50 bits per heavy atom. The molecule has 2 aromatic rings. The lowest BCUT2D eigenvalue weighted by Crippen LogP contribution is -2.09. The molecule has 1 N–H and O–H groups in total. The van der Waals surface area contributed by atoms with E-state index >= 15 is 0 Å². The molecule has 106 valence electrons. The smallest absolute Gasteiger partial charge is 0.165 e. The van der Waals surface area contributed by atoms with E-state index in [2.05, 4.69) is 5.32 Å². The molecule has 2 aromatic carbocycles. The Balaban J connectivity index is 2.24. The van der Waals surface area contributed by atoms with Crippen LogP contribution >= 0.6 is 11.6 Å². The summed E-state index contributed by atoms with van der Waals surface area (Å²) >= 11 is 5.94. The zero-order valence-corrected chi connectivity index (χ0v) is 11.8. The van der Waals surface area contributed by atoms with E-state index in [-0.39, 0.29) is 22.5 Å². The van der Waals surface area contributed by atoms with Gasteiger partial charge in [0.2, 0.25) is 0 Å². The highest BCUT2D eigenvalue weighted by Gasteiger charge is 2.13. The molecule has 0 saturated carbocycles. The number of hydrogen-bond acceptors (Lipinski definition) is 2. The van der Waals surface area contributed by atoms with Crippen molar-refractivity contribution >= 4 is 17.3 Å². The number of halogens is 3. The maximum atomic E-state index is 13.7. The number of methoxy groups -OCH3 is 1. The minimum Gasteiger partial charge on any atom is -0.494 e. The van der Waals surface area contributed by atoms with Gasteiger partial charge in [-0.05, 0) is 36.8 Å². The molecule has 0 bridgehead atoms. The molecule has 5 heteroatoms. The number of ether oxygens (including phenoxy) is 1. The van der Waals surface area contributed by atoms with Crippen molar-refractivity contribution in [2.75, 3.05) is 12.4 Å². The predicted octanol–water partition coefficient (Wildman–Crippen LogP) is 4.80. The first-order chi connectivity index (χ1) is 9.52. The van der Waals surface area contributed by atoms with Crippen LogP contribution in [0.4, 0.5) is 14.5 Å². The van der Waals surface area contributed by atoms with Crippen LogP contribution in [-0.4, -0.2) is 7.11 Å². The van der Waals surface area contributed by atoms with Gasteiger partial charge in [0.25, 0.3) is 0 Å². The van der Waals surface area contributed by atoms with Crippen LogP contribution in [0.25, 0.3) is 0 Å². The van der Waals surface area contributed by atoms with Gasteiger partial charge in [-0.3, -0.25) is 0 Å². The van der Waals surface area contributed by atoms with Crippen molar-refractivity contribution in [2.45, 2.75) is 13.0 Å². The van der Waals surface area contributed by atoms with E-state index in [9.17, 15) is 8.78 Å². The first-order valence-electron chi connectivity index (χ1n) is 6.07. The van der Waals surface area contributed by atoms with Crippen molar-refractivity contribution in [3.63, 3.8) is 0 Å². The number of hydrogen-bond donors (Lipinski definition) is 1. The van der Waals surface area contributed by atoms with Crippen LogP contribution in [0.1, 0.15) is 18.5 Å². The molecule has 1 unspecified atom stereocenters. The molecule has 20 heavy (non-hydrogen) atoms. The molecule has 0 radical (unpaired) electrons. The van der Waals surface area contributed by atoms with Gasteiger partial charge >= 0.3 is 0 Å². The standard InChI is InChI=1S/C15H14ClF2NO/c1-9(10-6-7-14(20-2)13(18)8-10)19-15-11(16)4-3-5-12(15)17/h3-9,19H,1-2H3. The third-order valence-electron chi connectivity index (χ3n) is 3.00. The van der Waals surface area contributed by atoms with Crippen molar-refractivity contribution in [3.8, 4) is 5.75 Å². The number of nitrogens with one attached hydrogen (secondary N) is 1. The van der Waals surface area contributed by atoms with Crippen molar-refractivity contribution in [1.82, 2.24) is 0 Å². The fraction of sp³-hybridized carbons (Fsp3) is 0.200. The quantitative estimate of drug-likeness (QED) is 0.875. The van der Waals surface area contributed by atoms with Crippen LogP contribution in [0.5, 0.6) is 5.75 Å². The number of rotatable bonds is 4. The van der Waals surface area contributed by atoms with Crippen LogP contribution in [-0.2, 0) is 0 Å². The van der Waals surface area contributed by atoms with Crippen LogP contribution in [0.2, 0.25) is 5.02 Å². The third kappa shape index (κ3) is 3.02. The van der Waals surface area contributed by atoms with Gasteiger partial charge in [0.1, 0.15) is 5.82 Å². The molecule has 2 nitrogen and oxygen atoms in total. The van der Waals surface area contributed by atoms with Gasteiger partial charge in [-0.25, -0.2) is 8.78 Å². The van der Waals surface area contributed by atoms with E-state index in [1.54, 1.807) is 19.1 Å². The summed E-state index contributed by atoms with van der Waals surface area (Å²) in [6.07, 6.45) is 0. The van der Waals surface area contributed by atoms with Crippen molar-refractivity contribution < 1.29 is 13.5 Å². The average Bonchev–Trinajstić information content (AvgIpc) is 2.42. The zero-order chi connectivity index (χ0) is 14.7. The maximum absolute atomic E-state index is 13.7. The second kappa shape index (κ2) is 6.09. The van der Waals surface area contributed by atoms with E-state index in [0.29, 0.717) is 5.56 Å². The van der Waals surface area contributed by atoms with Crippen LogP contribution in [0.15, 0.2) is 36.4 Å². The van der Waals surface area contributed by atoms with Crippen molar-refractivity contribution in [2.24, 2.45) is 0 Å². The molecular formula is C15H14ClF2NO. The van der Waals surface area contributed by atoms with E-state index in [0.717, 1.165) is 0 Å². The lowest BCUT2D eigenvalue weighted by molar-refractivity contribution is 0.386. The number of anilines is 1. The van der Waals surface area contributed by atoms with E-state index in [4.69, 9.17) is 16.3 Å². The van der Waals surface area contributed by atoms with Crippen molar-refractivity contribution in [1.29, 1.82) is 0 Å². The highest BCUT2D eigenvalue weighted by molar-refractivity contribution is 6.33. The van der Waals surface area contributed by atoms with Gasteiger partial charge in [0.15, 0.2) is 11.6 Å². The molecular weight excluding hydrogens is 284 g/mol. The lowest BCUT2D eigenvalue weighted by atomic mass is 10.1. The summed E-state index contributed by atoms with van der Waals surface area (Å²) in [5.74, 6) is -0.735. The minimum atomic E-state index is -0.460. The van der Waals surface area contributed by atoms with Gasteiger partial charge in [-0.2, -0.15) is 0 Å². The SMILES string of the molecule is COc1ccc(C(C)Nc2c(F)cccc2Cl)cc1F. The number of para-hydroxylation sites is 1. The molecule has 2 rings (SSSR count). The summed E-state index contributed by atoms with van der Waals surface area (Å²) < 4.78 is 32.2. The summed E-state index contributed by atoms with van der Waals surface area (Å²) in [5, 5.41) is 3.23. The summed E-state index contributed by atoms with van der Waals surface area (Å²) in [7, 11) is 1.40. The first kappa shape index (κ1) is 14.6. The molecule has 0 heterocycles. The largest absolute Gasteiger partial charge is 0.494 e. The highest BCUT2D eigenvalue weighted by Crippen LogP contribution is 2.30. The molecule has 0 spiro atoms. The van der Waals surface area contributed by atoms with E-state index < -0.39 is 11.6 Å². The average molecular weight is 298 g/mol. The van der Waals surface area contributed by atoms with Gasteiger partial charge in [0, 0.05) is 6.04 Å². The van der Waals surface area contributed by atoms with Gasteiger partial charge in [0.05, 0.1) is 17.8 Å². The Morgan fingerprint density at radius 2 is 1.90 bits per heavy atom. The van der Waals surface area contributed by atoms with Gasteiger partial charge < -0.3 is 10.1 Å². The molecule has 0 amide bonds. The Bertz CT molecular complexity index is 599. The third-order valence-corrected chi connectivity index (χ3v) is 3.31. The molecule has 0 aromatic heterocycles.